The first-order valence-corrected chi connectivity index (χ1v) is 7.42. The van der Waals surface area contributed by atoms with Crippen LogP contribution < -0.4 is 10.6 Å². The van der Waals surface area contributed by atoms with Crippen molar-refractivity contribution in [2.45, 2.75) is 19.4 Å². The number of amides is 2. The van der Waals surface area contributed by atoms with Crippen LogP contribution in [0.1, 0.15) is 18.4 Å². The maximum Gasteiger partial charge on any atom is 0.225 e. The van der Waals surface area contributed by atoms with Gasteiger partial charge in [-0.1, -0.05) is 30.3 Å². The van der Waals surface area contributed by atoms with E-state index in [-0.39, 0.29) is 17.7 Å². The van der Waals surface area contributed by atoms with Crippen LogP contribution in [-0.2, 0) is 16.1 Å². The van der Waals surface area contributed by atoms with Crippen molar-refractivity contribution in [3.05, 3.63) is 35.9 Å². The van der Waals surface area contributed by atoms with Crippen LogP contribution in [0.4, 0.5) is 0 Å². The monoisotopic (exact) mass is 289 g/mol. The van der Waals surface area contributed by atoms with Crippen molar-refractivity contribution in [2.24, 2.45) is 5.92 Å². The van der Waals surface area contributed by atoms with Crippen LogP contribution in [0.3, 0.4) is 0 Å². The Kier molecular flexibility index (Phi) is 5.75. The molecule has 0 aromatic heterocycles. The molecule has 5 nitrogen and oxygen atoms in total. The van der Waals surface area contributed by atoms with E-state index in [2.05, 4.69) is 34.7 Å². The molecule has 0 spiro atoms. The minimum atomic E-state index is -0.195. The zero-order chi connectivity index (χ0) is 15.1. The quantitative estimate of drug-likeness (QED) is 0.729. The number of hydrogen-bond acceptors (Lipinski definition) is 3. The number of nitrogens with one attached hydrogen (secondary N) is 2. The van der Waals surface area contributed by atoms with Crippen molar-refractivity contribution in [2.75, 3.05) is 26.7 Å². The van der Waals surface area contributed by atoms with Crippen molar-refractivity contribution < 1.29 is 9.59 Å². The third kappa shape index (κ3) is 5.19. The Balaban J connectivity index is 1.59. The molecule has 0 bridgehead atoms. The van der Waals surface area contributed by atoms with E-state index in [9.17, 15) is 9.59 Å². The largest absolute Gasteiger partial charge is 0.356 e. The first kappa shape index (κ1) is 15.5. The predicted octanol–water partition coefficient (Wildman–Crippen LogP) is 0.761. The lowest BCUT2D eigenvalue weighted by atomic mass is 10.1. The Morgan fingerprint density at radius 3 is 2.81 bits per heavy atom. The molecule has 2 rings (SSSR count). The summed E-state index contributed by atoms with van der Waals surface area (Å²) in [5, 5.41) is 5.58. The lowest BCUT2D eigenvalue weighted by molar-refractivity contribution is -0.126. The number of carbonyl (C=O) groups excluding carboxylic acids is 2. The second kappa shape index (κ2) is 7.78. The Morgan fingerprint density at radius 1 is 1.38 bits per heavy atom. The first-order valence-electron chi connectivity index (χ1n) is 7.42. The van der Waals surface area contributed by atoms with E-state index in [1.807, 2.05) is 18.2 Å². The molecule has 0 saturated carbocycles. The van der Waals surface area contributed by atoms with Gasteiger partial charge in [-0.05, 0) is 25.6 Å². The third-order valence-electron chi connectivity index (χ3n) is 3.66. The molecule has 1 heterocycles. The Hall–Kier alpha value is -1.88. The predicted molar refractivity (Wildman–Crippen MR) is 81.5 cm³/mol. The van der Waals surface area contributed by atoms with Crippen molar-refractivity contribution in [3.63, 3.8) is 0 Å². The fourth-order valence-electron chi connectivity index (χ4n) is 2.47. The number of hydrogen-bond donors (Lipinski definition) is 2. The number of carbonyl (C=O) groups is 2. The minimum Gasteiger partial charge on any atom is -0.356 e. The summed E-state index contributed by atoms with van der Waals surface area (Å²) in [6, 6.07) is 10.3. The summed E-state index contributed by atoms with van der Waals surface area (Å²) in [5.74, 6) is -0.239. The van der Waals surface area contributed by atoms with Gasteiger partial charge in [-0.25, -0.2) is 0 Å². The molecule has 2 amide bonds. The average Bonchev–Trinajstić information content (AvgIpc) is 2.91. The molecule has 1 saturated heterocycles. The van der Waals surface area contributed by atoms with Gasteiger partial charge in [0.2, 0.25) is 11.8 Å². The van der Waals surface area contributed by atoms with E-state index >= 15 is 0 Å². The van der Waals surface area contributed by atoms with E-state index in [0.29, 0.717) is 19.5 Å². The van der Waals surface area contributed by atoms with Crippen LogP contribution >= 0.6 is 0 Å². The van der Waals surface area contributed by atoms with E-state index in [1.54, 1.807) is 0 Å². The zero-order valence-corrected chi connectivity index (χ0v) is 12.5. The highest BCUT2D eigenvalue weighted by molar-refractivity contribution is 5.89. The molecule has 0 radical (unpaired) electrons. The minimum absolute atomic E-state index is 0.0148. The van der Waals surface area contributed by atoms with Gasteiger partial charge in [0.05, 0.1) is 5.92 Å². The van der Waals surface area contributed by atoms with Crippen molar-refractivity contribution in [1.29, 1.82) is 0 Å². The summed E-state index contributed by atoms with van der Waals surface area (Å²) in [4.78, 5) is 25.1. The topological polar surface area (TPSA) is 61.4 Å². The van der Waals surface area contributed by atoms with Gasteiger partial charge in [-0.15, -0.1) is 0 Å². The summed E-state index contributed by atoms with van der Waals surface area (Å²) in [6.07, 6.45) is 1.23. The molecule has 2 N–H and O–H groups in total. The third-order valence-corrected chi connectivity index (χ3v) is 3.66. The van der Waals surface area contributed by atoms with Gasteiger partial charge in [-0.3, -0.25) is 9.59 Å². The molecule has 21 heavy (non-hydrogen) atoms. The molecule has 1 aliphatic heterocycles. The molecule has 1 unspecified atom stereocenters. The molecule has 114 valence electrons. The number of benzene rings is 1. The number of nitrogens with zero attached hydrogens (tertiary/aromatic N) is 1. The molecule has 1 aliphatic rings. The summed E-state index contributed by atoms with van der Waals surface area (Å²) in [7, 11) is 2.08. The van der Waals surface area contributed by atoms with E-state index in [1.165, 1.54) is 5.56 Å². The van der Waals surface area contributed by atoms with Crippen LogP contribution in [-0.4, -0.2) is 43.4 Å². The molecule has 1 fully saturated rings. The fraction of sp³-hybridized carbons (Fsp3) is 0.500. The molecule has 0 aliphatic carbocycles. The normalized spacial score (nSPS) is 17.8. The van der Waals surface area contributed by atoms with Crippen molar-refractivity contribution in [3.8, 4) is 0 Å². The average molecular weight is 289 g/mol. The second-order valence-electron chi connectivity index (χ2n) is 5.57. The van der Waals surface area contributed by atoms with E-state index in [4.69, 9.17) is 0 Å². The second-order valence-corrected chi connectivity index (χ2v) is 5.57. The maximum atomic E-state index is 11.8. The SMILES string of the molecule is CN(CCCNC(=O)C1CNC(=O)C1)Cc1ccccc1. The molecular formula is C16H23N3O2. The van der Waals surface area contributed by atoms with E-state index in [0.717, 1.165) is 19.5 Å². The van der Waals surface area contributed by atoms with Gasteiger partial charge < -0.3 is 15.5 Å². The standard InChI is InChI=1S/C16H23N3O2/c1-19(12-13-6-3-2-4-7-13)9-5-8-17-16(21)14-10-15(20)18-11-14/h2-4,6-7,14H,5,8-12H2,1H3,(H,17,21)(H,18,20). The molecule has 1 atom stereocenters. The summed E-state index contributed by atoms with van der Waals surface area (Å²) in [6.45, 7) is 2.97. The smallest absolute Gasteiger partial charge is 0.225 e. The van der Waals surface area contributed by atoms with Crippen LogP contribution in [0.2, 0.25) is 0 Å². The summed E-state index contributed by atoms with van der Waals surface area (Å²) < 4.78 is 0. The van der Waals surface area contributed by atoms with Gasteiger partial charge in [-0.2, -0.15) is 0 Å². The van der Waals surface area contributed by atoms with Crippen LogP contribution in [0, 0.1) is 5.92 Å². The highest BCUT2D eigenvalue weighted by Crippen LogP contribution is 2.08. The van der Waals surface area contributed by atoms with Crippen LogP contribution in [0.15, 0.2) is 30.3 Å². The lowest BCUT2D eigenvalue weighted by Gasteiger charge is -2.17. The van der Waals surface area contributed by atoms with Gasteiger partial charge >= 0.3 is 0 Å². The van der Waals surface area contributed by atoms with Crippen molar-refractivity contribution >= 4 is 11.8 Å². The van der Waals surface area contributed by atoms with Crippen LogP contribution in [0.25, 0.3) is 0 Å². The molecular weight excluding hydrogens is 266 g/mol. The highest BCUT2D eigenvalue weighted by Gasteiger charge is 2.27. The zero-order valence-electron chi connectivity index (χ0n) is 12.5. The van der Waals surface area contributed by atoms with Gasteiger partial charge in [0.25, 0.3) is 0 Å². The molecule has 1 aromatic carbocycles. The Morgan fingerprint density at radius 2 is 2.14 bits per heavy atom. The summed E-state index contributed by atoms with van der Waals surface area (Å²) >= 11 is 0. The highest BCUT2D eigenvalue weighted by atomic mass is 16.2. The molecule has 1 aromatic rings. The molecule has 5 heteroatoms. The van der Waals surface area contributed by atoms with Crippen LogP contribution in [0.5, 0.6) is 0 Å². The Labute approximate surface area is 125 Å². The van der Waals surface area contributed by atoms with Gasteiger partial charge in [0.1, 0.15) is 0 Å². The van der Waals surface area contributed by atoms with Gasteiger partial charge in [0, 0.05) is 26.1 Å². The summed E-state index contributed by atoms with van der Waals surface area (Å²) in [5.41, 5.74) is 1.29. The maximum absolute atomic E-state index is 11.8. The van der Waals surface area contributed by atoms with E-state index < -0.39 is 0 Å². The van der Waals surface area contributed by atoms with Gasteiger partial charge in [0.15, 0.2) is 0 Å². The van der Waals surface area contributed by atoms with Crippen molar-refractivity contribution in [1.82, 2.24) is 15.5 Å². The number of rotatable bonds is 7. The first-order chi connectivity index (χ1) is 10.1. The lowest BCUT2D eigenvalue weighted by Crippen LogP contribution is -2.33. The fourth-order valence-corrected chi connectivity index (χ4v) is 2.47. The Bertz CT molecular complexity index is 476.